The summed E-state index contributed by atoms with van der Waals surface area (Å²) in [4.78, 5) is 0. The number of hydrogen-bond acceptors (Lipinski definition) is 3. The lowest BCUT2D eigenvalue weighted by Gasteiger charge is -2.18. The number of rotatable bonds is 3. The van der Waals surface area contributed by atoms with Crippen LogP contribution >= 0.6 is 0 Å². The smallest absolute Gasteiger partial charge is 0.130 e. The van der Waals surface area contributed by atoms with Crippen molar-refractivity contribution in [2.75, 3.05) is 6.61 Å². The lowest BCUT2D eigenvalue weighted by Crippen LogP contribution is -2.37. The van der Waals surface area contributed by atoms with Crippen molar-refractivity contribution in [1.29, 1.82) is 0 Å². The third-order valence-corrected chi connectivity index (χ3v) is 1.99. The molecule has 0 aliphatic heterocycles. The van der Waals surface area contributed by atoms with Crippen LogP contribution in [0.25, 0.3) is 0 Å². The highest BCUT2D eigenvalue weighted by Gasteiger charge is 2.18. The number of halogens is 2. The van der Waals surface area contributed by atoms with E-state index in [1.807, 2.05) is 0 Å². The molecule has 5 N–H and O–H groups in total. The third kappa shape index (κ3) is 2.25. The van der Waals surface area contributed by atoms with E-state index in [4.69, 9.17) is 16.6 Å². The molecule has 1 rings (SSSR count). The average molecular weight is 202 g/mol. The minimum atomic E-state index is -0.833. The Labute approximate surface area is 80.3 Å². The summed E-state index contributed by atoms with van der Waals surface area (Å²) in [5.74, 6) is -1.42. The molecular weight excluding hydrogens is 190 g/mol. The molecule has 0 aromatic heterocycles. The minimum absolute atomic E-state index is 0.105. The third-order valence-electron chi connectivity index (χ3n) is 1.99. The lowest BCUT2D eigenvalue weighted by atomic mass is 10.0. The van der Waals surface area contributed by atoms with Gasteiger partial charge >= 0.3 is 0 Å². The summed E-state index contributed by atoms with van der Waals surface area (Å²) in [6, 6.07) is 1.47. The van der Waals surface area contributed by atoms with Gasteiger partial charge in [-0.25, -0.2) is 8.78 Å². The number of benzene rings is 1. The predicted molar refractivity (Wildman–Crippen MR) is 48.3 cm³/mol. The molecule has 0 amide bonds. The van der Waals surface area contributed by atoms with Gasteiger partial charge in [0, 0.05) is 17.7 Å². The summed E-state index contributed by atoms with van der Waals surface area (Å²) in [6.07, 6.45) is 0. The first kappa shape index (κ1) is 11.0. The number of aliphatic hydroxyl groups excluding tert-OH is 1. The van der Waals surface area contributed by atoms with E-state index in [9.17, 15) is 8.78 Å². The van der Waals surface area contributed by atoms with Crippen molar-refractivity contribution in [3.63, 3.8) is 0 Å². The molecule has 78 valence electrons. The van der Waals surface area contributed by atoms with Crippen molar-refractivity contribution in [2.24, 2.45) is 11.5 Å². The zero-order valence-corrected chi connectivity index (χ0v) is 7.45. The van der Waals surface area contributed by atoms with Crippen LogP contribution in [0, 0.1) is 11.6 Å². The molecule has 0 saturated carbocycles. The van der Waals surface area contributed by atoms with E-state index in [2.05, 4.69) is 0 Å². The Morgan fingerprint density at radius 2 is 1.93 bits per heavy atom. The molecule has 0 bridgehead atoms. The SMILES string of the molecule is NC(CO)C(N)c1ccc(F)cc1F. The van der Waals surface area contributed by atoms with Crippen molar-refractivity contribution in [1.82, 2.24) is 0 Å². The van der Waals surface area contributed by atoms with E-state index in [1.54, 1.807) is 0 Å². The average Bonchev–Trinajstić information content (AvgIpc) is 2.15. The molecule has 3 nitrogen and oxygen atoms in total. The van der Waals surface area contributed by atoms with Crippen LogP contribution in [-0.4, -0.2) is 17.8 Å². The van der Waals surface area contributed by atoms with Gasteiger partial charge in [0.1, 0.15) is 11.6 Å². The van der Waals surface area contributed by atoms with Gasteiger partial charge in [-0.15, -0.1) is 0 Å². The topological polar surface area (TPSA) is 72.3 Å². The molecule has 0 spiro atoms. The Morgan fingerprint density at radius 3 is 2.43 bits per heavy atom. The number of aliphatic hydroxyl groups is 1. The summed E-state index contributed by atoms with van der Waals surface area (Å²) in [7, 11) is 0. The Morgan fingerprint density at radius 1 is 1.29 bits per heavy atom. The summed E-state index contributed by atoms with van der Waals surface area (Å²) < 4.78 is 25.7. The second-order valence-corrected chi connectivity index (χ2v) is 3.04. The molecule has 0 aliphatic carbocycles. The van der Waals surface area contributed by atoms with Crippen LogP contribution in [0.15, 0.2) is 18.2 Å². The molecule has 2 atom stereocenters. The Kier molecular flexibility index (Phi) is 3.51. The van der Waals surface area contributed by atoms with Gasteiger partial charge in [-0.2, -0.15) is 0 Å². The molecule has 0 aliphatic rings. The van der Waals surface area contributed by atoms with Gasteiger partial charge in [0.2, 0.25) is 0 Å². The first-order valence-corrected chi connectivity index (χ1v) is 4.13. The fraction of sp³-hybridized carbons (Fsp3) is 0.333. The van der Waals surface area contributed by atoms with Gasteiger partial charge in [-0.05, 0) is 6.07 Å². The van der Waals surface area contributed by atoms with Crippen molar-refractivity contribution in [3.05, 3.63) is 35.4 Å². The molecule has 0 saturated heterocycles. The van der Waals surface area contributed by atoms with Gasteiger partial charge < -0.3 is 16.6 Å². The summed E-state index contributed by atoms with van der Waals surface area (Å²) >= 11 is 0. The van der Waals surface area contributed by atoms with Gasteiger partial charge in [0.05, 0.1) is 12.6 Å². The van der Waals surface area contributed by atoms with Gasteiger partial charge in [-0.3, -0.25) is 0 Å². The highest BCUT2D eigenvalue weighted by atomic mass is 19.1. The first-order valence-electron chi connectivity index (χ1n) is 4.13. The largest absolute Gasteiger partial charge is 0.395 e. The highest BCUT2D eigenvalue weighted by Crippen LogP contribution is 2.17. The van der Waals surface area contributed by atoms with Gasteiger partial charge in [0.15, 0.2) is 0 Å². The van der Waals surface area contributed by atoms with E-state index in [-0.39, 0.29) is 12.2 Å². The minimum Gasteiger partial charge on any atom is -0.395 e. The zero-order chi connectivity index (χ0) is 10.7. The molecular formula is C9H12F2N2O. The number of hydrogen-bond donors (Lipinski definition) is 3. The Balaban J connectivity index is 2.95. The van der Waals surface area contributed by atoms with E-state index in [0.29, 0.717) is 0 Å². The molecule has 0 radical (unpaired) electrons. The van der Waals surface area contributed by atoms with Crippen LogP contribution in [0.1, 0.15) is 11.6 Å². The maximum atomic E-state index is 13.1. The molecule has 1 aromatic rings. The number of nitrogens with two attached hydrogens (primary N) is 2. The summed E-state index contributed by atoms with van der Waals surface area (Å²) in [5.41, 5.74) is 11.1. The van der Waals surface area contributed by atoms with Crippen molar-refractivity contribution < 1.29 is 13.9 Å². The standard InChI is InChI=1S/C9H12F2N2O/c10-5-1-2-6(7(11)3-5)9(13)8(12)4-14/h1-3,8-9,14H,4,12-13H2. The van der Waals surface area contributed by atoms with E-state index >= 15 is 0 Å². The van der Waals surface area contributed by atoms with E-state index < -0.39 is 23.7 Å². The van der Waals surface area contributed by atoms with Crippen LogP contribution in [0.3, 0.4) is 0 Å². The fourth-order valence-electron chi connectivity index (χ4n) is 1.12. The molecule has 2 unspecified atom stereocenters. The van der Waals surface area contributed by atoms with Crippen molar-refractivity contribution >= 4 is 0 Å². The van der Waals surface area contributed by atoms with E-state index in [1.165, 1.54) is 6.07 Å². The van der Waals surface area contributed by atoms with Crippen molar-refractivity contribution in [3.8, 4) is 0 Å². The Hall–Kier alpha value is -1.04. The predicted octanol–water partition coefficient (Wildman–Crippen LogP) is 0.284. The monoisotopic (exact) mass is 202 g/mol. The normalized spacial score (nSPS) is 15.2. The van der Waals surface area contributed by atoms with Crippen LogP contribution in [0.5, 0.6) is 0 Å². The summed E-state index contributed by atoms with van der Waals surface area (Å²) in [6.45, 7) is -0.349. The quantitative estimate of drug-likeness (QED) is 0.659. The van der Waals surface area contributed by atoms with Gasteiger partial charge in [0.25, 0.3) is 0 Å². The lowest BCUT2D eigenvalue weighted by molar-refractivity contribution is 0.248. The second-order valence-electron chi connectivity index (χ2n) is 3.04. The maximum absolute atomic E-state index is 13.1. The molecule has 1 aromatic carbocycles. The molecule has 0 heterocycles. The molecule has 14 heavy (non-hydrogen) atoms. The van der Waals surface area contributed by atoms with Gasteiger partial charge in [-0.1, -0.05) is 6.07 Å². The zero-order valence-electron chi connectivity index (χ0n) is 7.45. The fourth-order valence-corrected chi connectivity index (χ4v) is 1.12. The van der Waals surface area contributed by atoms with Crippen LogP contribution < -0.4 is 11.5 Å². The molecule has 0 fully saturated rings. The van der Waals surface area contributed by atoms with Crippen LogP contribution in [0.2, 0.25) is 0 Å². The van der Waals surface area contributed by atoms with Crippen molar-refractivity contribution in [2.45, 2.75) is 12.1 Å². The Bertz CT molecular complexity index is 320. The second kappa shape index (κ2) is 4.45. The summed E-state index contributed by atoms with van der Waals surface area (Å²) in [5, 5.41) is 8.71. The van der Waals surface area contributed by atoms with E-state index in [0.717, 1.165) is 12.1 Å². The highest BCUT2D eigenvalue weighted by molar-refractivity contribution is 5.23. The maximum Gasteiger partial charge on any atom is 0.130 e. The first-order chi connectivity index (χ1) is 6.56. The van der Waals surface area contributed by atoms with Crippen LogP contribution in [0.4, 0.5) is 8.78 Å². The van der Waals surface area contributed by atoms with Crippen LogP contribution in [-0.2, 0) is 0 Å². The molecule has 5 heteroatoms.